The fourth-order valence-electron chi connectivity index (χ4n) is 1.56. The summed E-state index contributed by atoms with van der Waals surface area (Å²) in [7, 11) is 0. The van der Waals surface area contributed by atoms with Crippen molar-refractivity contribution in [3.63, 3.8) is 0 Å². The van der Waals surface area contributed by atoms with E-state index in [1.807, 2.05) is 24.4 Å². The molecule has 0 fully saturated rings. The van der Waals surface area contributed by atoms with Crippen LogP contribution in [0.25, 0.3) is 0 Å². The molecule has 0 spiro atoms. The van der Waals surface area contributed by atoms with Crippen molar-refractivity contribution in [2.75, 3.05) is 19.7 Å². The number of nitrogens with zero attached hydrogens (tertiary/aromatic N) is 1. The zero-order chi connectivity index (χ0) is 11.8. The van der Waals surface area contributed by atoms with Gasteiger partial charge in [-0.15, -0.1) is 0 Å². The maximum Gasteiger partial charge on any atom is 0.0473 e. The third kappa shape index (κ3) is 4.73. The number of hydrogen-bond donors (Lipinski definition) is 2. The lowest BCUT2D eigenvalue weighted by molar-refractivity contribution is 0.186. The first-order chi connectivity index (χ1) is 7.74. The first-order valence-corrected chi connectivity index (χ1v) is 5.95. The molecule has 0 amide bonds. The lowest BCUT2D eigenvalue weighted by Crippen LogP contribution is -2.30. The Morgan fingerprint density at radius 3 is 2.75 bits per heavy atom. The Labute approximate surface area is 97.9 Å². The van der Waals surface area contributed by atoms with Crippen molar-refractivity contribution in [1.29, 1.82) is 0 Å². The molecule has 0 saturated heterocycles. The van der Waals surface area contributed by atoms with Gasteiger partial charge >= 0.3 is 0 Å². The van der Waals surface area contributed by atoms with E-state index >= 15 is 0 Å². The fraction of sp³-hybridized carbons (Fsp3) is 0.615. The molecule has 1 unspecified atom stereocenters. The Morgan fingerprint density at radius 2 is 2.19 bits per heavy atom. The molecule has 0 aromatic carbocycles. The molecule has 1 aromatic heterocycles. The molecule has 2 N–H and O–H groups in total. The monoisotopic (exact) mass is 222 g/mol. The summed E-state index contributed by atoms with van der Waals surface area (Å²) in [6, 6.07) is 5.97. The minimum absolute atomic E-state index is 0.258. The Hall–Kier alpha value is -0.930. The lowest BCUT2D eigenvalue weighted by atomic mass is 9.97. The van der Waals surface area contributed by atoms with Gasteiger partial charge in [0.1, 0.15) is 0 Å². The number of aliphatic hydroxyl groups excluding tert-OH is 1. The van der Waals surface area contributed by atoms with Gasteiger partial charge in [0.25, 0.3) is 0 Å². The van der Waals surface area contributed by atoms with E-state index in [9.17, 15) is 0 Å². The molecule has 1 aromatic rings. The van der Waals surface area contributed by atoms with Crippen LogP contribution in [-0.2, 0) is 6.42 Å². The van der Waals surface area contributed by atoms with Gasteiger partial charge in [-0.3, -0.25) is 4.98 Å². The molecule has 0 aliphatic carbocycles. The second-order valence-corrected chi connectivity index (χ2v) is 4.46. The molecule has 1 rings (SSSR count). The van der Waals surface area contributed by atoms with Crippen molar-refractivity contribution in [2.24, 2.45) is 11.8 Å². The Kier molecular flexibility index (Phi) is 6.04. The Morgan fingerprint density at radius 1 is 1.38 bits per heavy atom. The summed E-state index contributed by atoms with van der Waals surface area (Å²) in [6.45, 7) is 6.33. The second kappa shape index (κ2) is 7.36. The van der Waals surface area contributed by atoms with Gasteiger partial charge in [0.05, 0.1) is 0 Å². The quantitative estimate of drug-likeness (QED) is 0.687. The van der Waals surface area contributed by atoms with Gasteiger partial charge in [0.15, 0.2) is 0 Å². The highest BCUT2D eigenvalue weighted by molar-refractivity contribution is 5.03. The predicted octanol–water partition coefficient (Wildman–Crippen LogP) is 1.48. The summed E-state index contributed by atoms with van der Waals surface area (Å²) in [5.41, 5.74) is 1.11. The van der Waals surface area contributed by atoms with E-state index in [2.05, 4.69) is 24.1 Å². The maximum absolute atomic E-state index is 9.16. The molecule has 0 aliphatic heterocycles. The van der Waals surface area contributed by atoms with E-state index in [-0.39, 0.29) is 6.61 Å². The van der Waals surface area contributed by atoms with Crippen molar-refractivity contribution in [3.05, 3.63) is 30.1 Å². The van der Waals surface area contributed by atoms with Crippen LogP contribution in [0.5, 0.6) is 0 Å². The van der Waals surface area contributed by atoms with E-state index in [1.165, 1.54) is 0 Å². The summed E-state index contributed by atoms with van der Waals surface area (Å²) in [5, 5.41) is 12.5. The highest BCUT2D eigenvalue weighted by Crippen LogP contribution is 2.08. The molecule has 0 aliphatic rings. The topological polar surface area (TPSA) is 45.1 Å². The van der Waals surface area contributed by atoms with E-state index in [0.29, 0.717) is 11.8 Å². The highest BCUT2D eigenvalue weighted by Gasteiger charge is 2.10. The Balaban J connectivity index is 2.16. The minimum Gasteiger partial charge on any atom is -0.396 e. The van der Waals surface area contributed by atoms with Gasteiger partial charge in [-0.2, -0.15) is 0 Å². The summed E-state index contributed by atoms with van der Waals surface area (Å²) < 4.78 is 0. The van der Waals surface area contributed by atoms with Crippen LogP contribution in [0.15, 0.2) is 24.4 Å². The highest BCUT2D eigenvalue weighted by atomic mass is 16.3. The van der Waals surface area contributed by atoms with Crippen LogP contribution in [0, 0.1) is 11.8 Å². The van der Waals surface area contributed by atoms with Crippen LogP contribution in [0.4, 0.5) is 0 Å². The smallest absolute Gasteiger partial charge is 0.0473 e. The largest absolute Gasteiger partial charge is 0.396 e. The van der Waals surface area contributed by atoms with Crippen molar-refractivity contribution >= 4 is 0 Å². The maximum atomic E-state index is 9.16. The molecule has 90 valence electrons. The summed E-state index contributed by atoms with van der Waals surface area (Å²) in [5.74, 6) is 0.871. The molecule has 1 atom stereocenters. The molecular weight excluding hydrogens is 200 g/mol. The van der Waals surface area contributed by atoms with Crippen LogP contribution in [0.2, 0.25) is 0 Å². The minimum atomic E-state index is 0.258. The average Bonchev–Trinajstić information content (AvgIpc) is 2.30. The third-order valence-electron chi connectivity index (χ3n) is 2.87. The molecule has 0 saturated carbocycles. The molecule has 0 bridgehead atoms. The van der Waals surface area contributed by atoms with Crippen molar-refractivity contribution in [1.82, 2.24) is 10.3 Å². The standard InChI is InChI=1S/C13H22N2O/c1-11(2)12(10-16)9-14-8-6-13-5-3-4-7-15-13/h3-5,7,11-12,14,16H,6,8-10H2,1-2H3. The van der Waals surface area contributed by atoms with Crippen molar-refractivity contribution in [2.45, 2.75) is 20.3 Å². The van der Waals surface area contributed by atoms with Gasteiger partial charge in [0, 0.05) is 38.0 Å². The zero-order valence-corrected chi connectivity index (χ0v) is 10.2. The van der Waals surface area contributed by atoms with Crippen molar-refractivity contribution in [3.8, 4) is 0 Å². The number of hydrogen-bond acceptors (Lipinski definition) is 3. The molecule has 3 heteroatoms. The molecule has 16 heavy (non-hydrogen) atoms. The normalized spacial score (nSPS) is 13.0. The molecule has 3 nitrogen and oxygen atoms in total. The van der Waals surface area contributed by atoms with Crippen LogP contribution < -0.4 is 5.32 Å². The number of rotatable bonds is 7. The van der Waals surface area contributed by atoms with E-state index in [0.717, 1.165) is 25.2 Å². The van der Waals surface area contributed by atoms with E-state index in [1.54, 1.807) is 0 Å². The third-order valence-corrected chi connectivity index (χ3v) is 2.87. The molecule has 1 heterocycles. The number of nitrogens with one attached hydrogen (secondary N) is 1. The second-order valence-electron chi connectivity index (χ2n) is 4.46. The fourth-order valence-corrected chi connectivity index (χ4v) is 1.56. The van der Waals surface area contributed by atoms with Crippen LogP contribution in [0.3, 0.4) is 0 Å². The Bertz CT molecular complexity index is 275. The van der Waals surface area contributed by atoms with Crippen LogP contribution >= 0.6 is 0 Å². The molecular formula is C13H22N2O. The van der Waals surface area contributed by atoms with Gasteiger partial charge in [-0.05, 0) is 24.0 Å². The number of aliphatic hydroxyl groups is 1. The van der Waals surface area contributed by atoms with Crippen molar-refractivity contribution < 1.29 is 5.11 Å². The summed E-state index contributed by atoms with van der Waals surface area (Å²) in [4.78, 5) is 4.26. The van der Waals surface area contributed by atoms with Crippen LogP contribution in [-0.4, -0.2) is 29.8 Å². The average molecular weight is 222 g/mol. The summed E-state index contributed by atoms with van der Waals surface area (Å²) >= 11 is 0. The van der Waals surface area contributed by atoms with E-state index in [4.69, 9.17) is 5.11 Å². The SMILES string of the molecule is CC(C)C(CO)CNCCc1ccccn1. The lowest BCUT2D eigenvalue weighted by Gasteiger charge is -2.18. The first kappa shape index (κ1) is 13.1. The van der Waals surface area contributed by atoms with Gasteiger partial charge < -0.3 is 10.4 Å². The summed E-state index contributed by atoms with van der Waals surface area (Å²) in [6.07, 6.45) is 2.76. The van der Waals surface area contributed by atoms with Gasteiger partial charge in [-0.25, -0.2) is 0 Å². The zero-order valence-electron chi connectivity index (χ0n) is 10.2. The first-order valence-electron chi connectivity index (χ1n) is 5.95. The van der Waals surface area contributed by atoms with Gasteiger partial charge in [-0.1, -0.05) is 19.9 Å². The number of aromatic nitrogens is 1. The molecule has 0 radical (unpaired) electrons. The van der Waals surface area contributed by atoms with Gasteiger partial charge in [0.2, 0.25) is 0 Å². The number of pyridine rings is 1. The van der Waals surface area contributed by atoms with E-state index < -0.39 is 0 Å². The van der Waals surface area contributed by atoms with Crippen LogP contribution in [0.1, 0.15) is 19.5 Å². The predicted molar refractivity (Wildman–Crippen MR) is 66.2 cm³/mol.